The zero-order chi connectivity index (χ0) is 25.8. The van der Waals surface area contributed by atoms with Crippen LogP contribution in [0.1, 0.15) is 42.5 Å². The van der Waals surface area contributed by atoms with E-state index < -0.39 is 12.2 Å². The largest absolute Gasteiger partial charge is 0.442 e. The summed E-state index contributed by atoms with van der Waals surface area (Å²) in [5.41, 5.74) is 1.56. The Labute approximate surface area is 215 Å². The lowest BCUT2D eigenvalue weighted by molar-refractivity contribution is -0.121. The van der Waals surface area contributed by atoms with Crippen LogP contribution in [0.5, 0.6) is 0 Å². The Bertz CT molecular complexity index is 1320. The summed E-state index contributed by atoms with van der Waals surface area (Å²) < 4.78 is 20.2. The monoisotopic (exact) mass is 503 g/mol. The lowest BCUT2D eigenvalue weighted by Crippen LogP contribution is -2.34. The number of halogens is 1. The number of Topliss-reactive ketones (excluding diaryl/α,β-unsaturated/α-hetero) is 1. The van der Waals surface area contributed by atoms with Gasteiger partial charge in [-0.1, -0.05) is 36.4 Å². The van der Waals surface area contributed by atoms with Crippen molar-refractivity contribution in [1.82, 2.24) is 5.32 Å². The van der Waals surface area contributed by atoms with Crippen molar-refractivity contribution in [3.63, 3.8) is 0 Å². The third kappa shape index (κ3) is 5.74. The number of ketones is 1. The molecule has 2 aliphatic rings. The summed E-state index contributed by atoms with van der Waals surface area (Å²) in [6.07, 6.45) is 2.25. The van der Waals surface area contributed by atoms with E-state index in [0.717, 1.165) is 43.1 Å². The molecule has 8 heteroatoms. The molecule has 0 saturated carbocycles. The van der Waals surface area contributed by atoms with Crippen LogP contribution in [0.3, 0.4) is 0 Å². The highest BCUT2D eigenvalue weighted by Crippen LogP contribution is 2.29. The van der Waals surface area contributed by atoms with Crippen molar-refractivity contribution in [3.05, 3.63) is 72.0 Å². The Morgan fingerprint density at radius 3 is 2.51 bits per heavy atom. The SMILES string of the molecule is O=C(CCC(=O)c1ccc2ccccc2c1)NCC1CN(c2ccc(N3CCCCC3)c(F)c2)C(=O)O1. The molecule has 3 aromatic carbocycles. The van der Waals surface area contributed by atoms with Gasteiger partial charge in [0.1, 0.15) is 11.9 Å². The quantitative estimate of drug-likeness (QED) is 0.434. The molecule has 192 valence electrons. The molecule has 0 radical (unpaired) electrons. The van der Waals surface area contributed by atoms with E-state index in [1.807, 2.05) is 41.3 Å². The molecule has 2 saturated heterocycles. The molecule has 1 atom stereocenters. The van der Waals surface area contributed by atoms with Gasteiger partial charge in [0.25, 0.3) is 0 Å². The molecule has 1 unspecified atom stereocenters. The maximum Gasteiger partial charge on any atom is 0.414 e. The fourth-order valence-electron chi connectivity index (χ4n) is 4.94. The van der Waals surface area contributed by atoms with Gasteiger partial charge in [0, 0.05) is 31.5 Å². The number of carbonyl (C=O) groups excluding carboxylic acids is 3. The molecule has 0 bridgehead atoms. The molecule has 37 heavy (non-hydrogen) atoms. The predicted octanol–water partition coefficient (Wildman–Crippen LogP) is 5.07. The first kappa shape index (κ1) is 24.7. The number of rotatable bonds is 8. The Morgan fingerprint density at radius 2 is 1.73 bits per heavy atom. The number of hydrogen-bond donors (Lipinski definition) is 1. The maximum absolute atomic E-state index is 14.8. The number of nitrogens with zero attached hydrogens (tertiary/aromatic N) is 2. The van der Waals surface area contributed by atoms with E-state index in [2.05, 4.69) is 5.32 Å². The third-order valence-corrected chi connectivity index (χ3v) is 6.99. The normalized spacial score (nSPS) is 17.6. The van der Waals surface area contributed by atoms with Crippen molar-refractivity contribution in [2.45, 2.75) is 38.2 Å². The molecule has 1 N–H and O–H groups in total. The van der Waals surface area contributed by atoms with E-state index >= 15 is 0 Å². The Balaban J connectivity index is 1.10. The second-order valence-corrected chi connectivity index (χ2v) is 9.59. The van der Waals surface area contributed by atoms with Crippen molar-refractivity contribution in [2.75, 3.05) is 36.0 Å². The van der Waals surface area contributed by atoms with Crippen molar-refractivity contribution >= 4 is 39.9 Å². The first-order valence-corrected chi connectivity index (χ1v) is 12.8. The van der Waals surface area contributed by atoms with E-state index in [9.17, 15) is 18.8 Å². The zero-order valence-electron chi connectivity index (χ0n) is 20.6. The number of piperidine rings is 1. The summed E-state index contributed by atoms with van der Waals surface area (Å²) in [6.45, 7) is 1.99. The number of amides is 2. The number of hydrogen-bond acceptors (Lipinski definition) is 5. The summed E-state index contributed by atoms with van der Waals surface area (Å²) in [5, 5.41) is 4.77. The number of carbonyl (C=O) groups is 3. The molecule has 2 amide bonds. The van der Waals surface area contributed by atoms with Gasteiger partial charge >= 0.3 is 6.09 Å². The first-order valence-electron chi connectivity index (χ1n) is 12.8. The summed E-state index contributed by atoms with van der Waals surface area (Å²) in [4.78, 5) is 40.7. The van der Waals surface area contributed by atoms with E-state index in [4.69, 9.17) is 4.74 Å². The molecule has 5 rings (SSSR count). The number of anilines is 2. The van der Waals surface area contributed by atoms with Crippen LogP contribution in [-0.4, -0.2) is 50.1 Å². The highest BCUT2D eigenvalue weighted by molar-refractivity contribution is 6.01. The first-order chi connectivity index (χ1) is 18.0. The summed E-state index contributed by atoms with van der Waals surface area (Å²) in [7, 11) is 0. The number of fused-ring (bicyclic) bond motifs is 1. The molecule has 2 heterocycles. The summed E-state index contributed by atoms with van der Waals surface area (Å²) in [6, 6.07) is 18.1. The maximum atomic E-state index is 14.8. The molecular weight excluding hydrogens is 473 g/mol. The highest BCUT2D eigenvalue weighted by Gasteiger charge is 2.33. The van der Waals surface area contributed by atoms with Crippen molar-refractivity contribution in [3.8, 4) is 0 Å². The van der Waals surface area contributed by atoms with E-state index in [-0.39, 0.29) is 43.4 Å². The minimum atomic E-state index is -0.573. The van der Waals surface area contributed by atoms with Gasteiger partial charge in [-0.3, -0.25) is 14.5 Å². The fraction of sp³-hybridized carbons (Fsp3) is 0.345. The lowest BCUT2D eigenvalue weighted by atomic mass is 10.0. The van der Waals surface area contributed by atoms with Crippen LogP contribution < -0.4 is 15.1 Å². The average molecular weight is 504 g/mol. The third-order valence-electron chi connectivity index (χ3n) is 6.99. The Morgan fingerprint density at radius 1 is 0.946 bits per heavy atom. The summed E-state index contributed by atoms with van der Waals surface area (Å²) in [5.74, 6) is -0.755. The van der Waals surface area contributed by atoms with Gasteiger partial charge in [-0.2, -0.15) is 0 Å². The topological polar surface area (TPSA) is 79.0 Å². The minimum Gasteiger partial charge on any atom is -0.442 e. The van der Waals surface area contributed by atoms with Crippen molar-refractivity contribution in [2.24, 2.45) is 0 Å². The minimum absolute atomic E-state index is 0.0409. The van der Waals surface area contributed by atoms with Gasteiger partial charge in [0.2, 0.25) is 5.91 Å². The second kappa shape index (κ2) is 11.0. The van der Waals surface area contributed by atoms with Crippen LogP contribution in [-0.2, 0) is 9.53 Å². The van der Waals surface area contributed by atoms with Crippen LogP contribution in [0.4, 0.5) is 20.6 Å². The van der Waals surface area contributed by atoms with Gasteiger partial charge < -0.3 is 15.0 Å². The molecule has 0 aromatic heterocycles. The zero-order valence-corrected chi connectivity index (χ0v) is 20.6. The number of nitrogens with one attached hydrogen (secondary N) is 1. The van der Waals surface area contributed by atoms with Gasteiger partial charge in [-0.15, -0.1) is 0 Å². The van der Waals surface area contributed by atoms with Gasteiger partial charge in [-0.05, 0) is 54.3 Å². The van der Waals surface area contributed by atoms with Crippen LogP contribution in [0.2, 0.25) is 0 Å². The van der Waals surface area contributed by atoms with Crippen molar-refractivity contribution < 1.29 is 23.5 Å². The molecule has 2 aliphatic heterocycles. The fourth-order valence-corrected chi connectivity index (χ4v) is 4.94. The standard InChI is InChI=1S/C29H30FN3O4/c30-25-17-23(10-11-26(25)32-14-4-1-5-15-32)33-19-24(37-29(33)36)18-31-28(35)13-12-27(34)22-9-8-20-6-2-3-7-21(20)16-22/h2-3,6-11,16-17,24H,1,4-5,12-15,18-19H2,(H,31,35). The van der Waals surface area contributed by atoms with Crippen molar-refractivity contribution in [1.29, 1.82) is 0 Å². The molecule has 0 aliphatic carbocycles. The van der Waals surface area contributed by atoms with E-state index in [1.165, 1.54) is 11.0 Å². The molecular formula is C29H30FN3O4. The number of cyclic esters (lactones) is 1. The average Bonchev–Trinajstić information content (AvgIpc) is 3.31. The van der Waals surface area contributed by atoms with Crippen LogP contribution >= 0.6 is 0 Å². The number of ether oxygens (including phenoxy) is 1. The van der Waals surface area contributed by atoms with Crippen LogP contribution in [0.25, 0.3) is 10.8 Å². The Kier molecular flexibility index (Phi) is 7.35. The molecule has 0 spiro atoms. The Hall–Kier alpha value is -3.94. The highest BCUT2D eigenvalue weighted by atomic mass is 19.1. The summed E-state index contributed by atoms with van der Waals surface area (Å²) >= 11 is 0. The molecule has 3 aromatic rings. The van der Waals surface area contributed by atoms with Gasteiger partial charge in [0.05, 0.1) is 24.5 Å². The van der Waals surface area contributed by atoms with Crippen LogP contribution in [0, 0.1) is 5.82 Å². The van der Waals surface area contributed by atoms with E-state index in [1.54, 1.807) is 18.2 Å². The van der Waals surface area contributed by atoms with E-state index in [0.29, 0.717) is 16.9 Å². The molecule has 7 nitrogen and oxygen atoms in total. The lowest BCUT2D eigenvalue weighted by Gasteiger charge is -2.29. The smallest absolute Gasteiger partial charge is 0.414 e. The van der Waals surface area contributed by atoms with Gasteiger partial charge in [-0.25, -0.2) is 9.18 Å². The van der Waals surface area contributed by atoms with Gasteiger partial charge in [0.15, 0.2) is 5.78 Å². The molecule has 2 fully saturated rings. The predicted molar refractivity (Wildman–Crippen MR) is 141 cm³/mol. The number of benzene rings is 3. The second-order valence-electron chi connectivity index (χ2n) is 9.59. The van der Waals surface area contributed by atoms with Crippen LogP contribution in [0.15, 0.2) is 60.7 Å².